The number of hydrogen-bond acceptors (Lipinski definition) is 3. The van der Waals surface area contributed by atoms with Crippen LogP contribution < -0.4 is 10.6 Å². The quantitative estimate of drug-likeness (QED) is 0.245. The number of aromatic hydroxyl groups is 1. The minimum absolute atomic E-state index is 0.0439. The van der Waals surface area contributed by atoms with Crippen LogP contribution in [0.25, 0.3) is 17.0 Å². The Balaban J connectivity index is 1.24. The number of nitrogens with one attached hydrogen (secondary N) is 3. The molecule has 0 saturated carbocycles. The predicted octanol–water partition coefficient (Wildman–Crippen LogP) is 5.35. The molecule has 0 aliphatic carbocycles. The van der Waals surface area contributed by atoms with Crippen molar-refractivity contribution in [1.82, 2.24) is 15.6 Å². The van der Waals surface area contributed by atoms with Gasteiger partial charge in [0.15, 0.2) is 0 Å². The SMILES string of the molecule is Cc1ccc(C=CCCNC(=O)c2ccccc2CNCCc2c[nH]c3cc(O)ccc23)cc1. The van der Waals surface area contributed by atoms with Gasteiger partial charge in [0, 0.05) is 41.8 Å². The summed E-state index contributed by atoms with van der Waals surface area (Å²) < 4.78 is 0. The smallest absolute Gasteiger partial charge is 0.251 e. The van der Waals surface area contributed by atoms with E-state index in [0.717, 1.165) is 35.9 Å². The third kappa shape index (κ3) is 6.15. The fraction of sp³-hybridized carbons (Fsp3) is 0.207. The van der Waals surface area contributed by atoms with Crippen molar-refractivity contribution in [3.63, 3.8) is 0 Å². The minimum Gasteiger partial charge on any atom is -0.508 e. The molecule has 0 aliphatic rings. The van der Waals surface area contributed by atoms with Gasteiger partial charge in [0.25, 0.3) is 5.91 Å². The number of phenolic OH excluding ortho intramolecular Hbond substituents is 1. The monoisotopic (exact) mass is 453 g/mol. The maximum absolute atomic E-state index is 12.7. The largest absolute Gasteiger partial charge is 0.508 e. The molecule has 1 heterocycles. The molecule has 1 aromatic heterocycles. The van der Waals surface area contributed by atoms with Crippen molar-refractivity contribution in [1.29, 1.82) is 0 Å². The summed E-state index contributed by atoms with van der Waals surface area (Å²) in [5, 5.41) is 17.2. The maximum Gasteiger partial charge on any atom is 0.251 e. The predicted molar refractivity (Wildman–Crippen MR) is 139 cm³/mol. The van der Waals surface area contributed by atoms with E-state index < -0.39 is 0 Å². The summed E-state index contributed by atoms with van der Waals surface area (Å²) in [6.45, 7) is 4.08. The number of phenols is 1. The number of rotatable bonds is 10. The van der Waals surface area contributed by atoms with Gasteiger partial charge in [-0.15, -0.1) is 0 Å². The van der Waals surface area contributed by atoms with E-state index in [2.05, 4.69) is 59.0 Å². The first-order valence-electron chi connectivity index (χ1n) is 11.7. The number of H-pyrrole nitrogens is 1. The standard InChI is InChI=1S/C29H31N3O2/c1-21-9-11-22(12-10-21)6-4-5-16-31-29(34)27-8-3-2-7-23(27)19-30-17-15-24-20-32-28-18-25(33)13-14-26(24)28/h2-4,6-14,18,20,30,32-33H,5,15-17,19H2,1H3,(H,31,34). The van der Waals surface area contributed by atoms with Crippen LogP contribution in [0.15, 0.2) is 79.0 Å². The van der Waals surface area contributed by atoms with Crippen LogP contribution in [0.3, 0.4) is 0 Å². The van der Waals surface area contributed by atoms with E-state index in [1.165, 1.54) is 16.7 Å². The van der Waals surface area contributed by atoms with Crippen LogP contribution >= 0.6 is 0 Å². The Bertz CT molecular complexity index is 1270. The summed E-state index contributed by atoms with van der Waals surface area (Å²) in [6.07, 6.45) is 7.79. The summed E-state index contributed by atoms with van der Waals surface area (Å²) in [6, 6.07) is 21.5. The van der Waals surface area contributed by atoms with Gasteiger partial charge < -0.3 is 20.7 Å². The third-order valence-corrected chi connectivity index (χ3v) is 5.88. The average Bonchev–Trinajstić information content (AvgIpc) is 3.24. The van der Waals surface area contributed by atoms with Gasteiger partial charge in [-0.2, -0.15) is 0 Å². The van der Waals surface area contributed by atoms with Crippen molar-refractivity contribution in [3.8, 4) is 5.75 Å². The van der Waals surface area contributed by atoms with E-state index in [9.17, 15) is 9.90 Å². The molecule has 4 N–H and O–H groups in total. The third-order valence-electron chi connectivity index (χ3n) is 5.88. The fourth-order valence-corrected chi connectivity index (χ4v) is 3.98. The van der Waals surface area contributed by atoms with Crippen molar-refractivity contribution in [2.24, 2.45) is 0 Å². The molecule has 5 heteroatoms. The minimum atomic E-state index is -0.0439. The topological polar surface area (TPSA) is 77.2 Å². The number of carbonyl (C=O) groups excluding carboxylic acids is 1. The molecule has 0 saturated heterocycles. The summed E-state index contributed by atoms with van der Waals surface area (Å²) in [5.74, 6) is 0.216. The lowest BCUT2D eigenvalue weighted by Crippen LogP contribution is -2.26. The van der Waals surface area contributed by atoms with E-state index in [1.54, 1.807) is 12.1 Å². The molecule has 0 fully saturated rings. The van der Waals surface area contributed by atoms with Gasteiger partial charge in [-0.1, -0.05) is 60.2 Å². The Morgan fingerprint density at radius 2 is 1.82 bits per heavy atom. The van der Waals surface area contributed by atoms with E-state index in [0.29, 0.717) is 18.7 Å². The number of aromatic amines is 1. The van der Waals surface area contributed by atoms with E-state index >= 15 is 0 Å². The summed E-state index contributed by atoms with van der Waals surface area (Å²) in [5.41, 5.74) is 6.24. The van der Waals surface area contributed by atoms with Gasteiger partial charge in [-0.05, 0) is 61.2 Å². The molecule has 5 nitrogen and oxygen atoms in total. The molecule has 0 atom stereocenters. The Morgan fingerprint density at radius 1 is 1.00 bits per heavy atom. The zero-order chi connectivity index (χ0) is 23.8. The van der Waals surface area contributed by atoms with E-state index in [1.807, 2.05) is 36.5 Å². The highest BCUT2D eigenvalue weighted by atomic mass is 16.3. The Hall–Kier alpha value is -3.83. The van der Waals surface area contributed by atoms with Gasteiger partial charge in [0.1, 0.15) is 5.75 Å². The molecule has 0 aliphatic heterocycles. The van der Waals surface area contributed by atoms with Crippen LogP contribution in [0.2, 0.25) is 0 Å². The molecular formula is C29H31N3O2. The number of amides is 1. The van der Waals surface area contributed by atoms with Crippen molar-refractivity contribution in [2.45, 2.75) is 26.3 Å². The van der Waals surface area contributed by atoms with Crippen molar-refractivity contribution < 1.29 is 9.90 Å². The first kappa shape index (κ1) is 23.3. The molecule has 4 aromatic rings. The molecule has 1 amide bonds. The lowest BCUT2D eigenvalue weighted by molar-refractivity contribution is 0.0953. The average molecular weight is 454 g/mol. The summed E-state index contributed by atoms with van der Waals surface area (Å²) in [4.78, 5) is 15.9. The number of hydrogen-bond donors (Lipinski definition) is 4. The van der Waals surface area contributed by atoms with E-state index in [4.69, 9.17) is 0 Å². The number of carbonyl (C=O) groups is 1. The van der Waals surface area contributed by atoms with Gasteiger partial charge >= 0.3 is 0 Å². The molecule has 0 unspecified atom stereocenters. The van der Waals surface area contributed by atoms with Crippen LogP contribution in [0.5, 0.6) is 5.75 Å². The normalized spacial score (nSPS) is 11.3. The number of aromatic nitrogens is 1. The summed E-state index contributed by atoms with van der Waals surface area (Å²) in [7, 11) is 0. The molecular weight excluding hydrogens is 422 g/mol. The van der Waals surface area contributed by atoms with Crippen molar-refractivity contribution >= 4 is 22.9 Å². The first-order chi connectivity index (χ1) is 16.6. The number of benzene rings is 3. The highest BCUT2D eigenvalue weighted by Gasteiger charge is 2.10. The number of aryl methyl sites for hydroxylation is 1. The van der Waals surface area contributed by atoms with Gasteiger partial charge in [0.2, 0.25) is 0 Å². The maximum atomic E-state index is 12.7. The second kappa shape index (κ2) is 11.3. The zero-order valence-electron chi connectivity index (χ0n) is 19.5. The zero-order valence-corrected chi connectivity index (χ0v) is 19.5. The number of fused-ring (bicyclic) bond motifs is 1. The Kier molecular flexibility index (Phi) is 7.79. The van der Waals surface area contributed by atoms with Gasteiger partial charge in [0.05, 0.1) is 0 Å². The van der Waals surface area contributed by atoms with Crippen molar-refractivity contribution in [3.05, 3.63) is 107 Å². The Labute approximate surface area is 200 Å². The summed E-state index contributed by atoms with van der Waals surface area (Å²) >= 11 is 0. The van der Waals surface area contributed by atoms with Crippen LogP contribution in [0, 0.1) is 6.92 Å². The van der Waals surface area contributed by atoms with E-state index in [-0.39, 0.29) is 11.7 Å². The Morgan fingerprint density at radius 3 is 2.68 bits per heavy atom. The van der Waals surface area contributed by atoms with Crippen LogP contribution in [-0.2, 0) is 13.0 Å². The second-order valence-corrected chi connectivity index (χ2v) is 8.49. The second-order valence-electron chi connectivity index (χ2n) is 8.49. The fourth-order valence-electron chi connectivity index (χ4n) is 3.98. The van der Waals surface area contributed by atoms with Crippen LogP contribution in [0.1, 0.15) is 39.0 Å². The molecule has 4 rings (SSSR count). The lowest BCUT2D eigenvalue weighted by atomic mass is 10.1. The molecule has 0 spiro atoms. The van der Waals surface area contributed by atoms with Crippen molar-refractivity contribution in [2.75, 3.05) is 13.1 Å². The van der Waals surface area contributed by atoms with Crippen LogP contribution in [-0.4, -0.2) is 29.1 Å². The first-order valence-corrected chi connectivity index (χ1v) is 11.7. The molecule has 3 aromatic carbocycles. The van der Waals surface area contributed by atoms with Gasteiger partial charge in [-0.25, -0.2) is 0 Å². The highest BCUT2D eigenvalue weighted by Crippen LogP contribution is 2.22. The van der Waals surface area contributed by atoms with Crippen LogP contribution in [0.4, 0.5) is 0 Å². The molecule has 34 heavy (non-hydrogen) atoms. The lowest BCUT2D eigenvalue weighted by Gasteiger charge is -2.11. The molecule has 0 radical (unpaired) electrons. The molecule has 0 bridgehead atoms. The molecule has 174 valence electrons. The van der Waals surface area contributed by atoms with Gasteiger partial charge in [-0.3, -0.25) is 4.79 Å². The highest BCUT2D eigenvalue weighted by molar-refractivity contribution is 5.95.